The van der Waals surface area contributed by atoms with Crippen molar-refractivity contribution in [3.63, 3.8) is 0 Å². The average Bonchev–Trinajstić information content (AvgIpc) is 3.40. The number of aromatic amines is 1. The van der Waals surface area contributed by atoms with Crippen molar-refractivity contribution < 1.29 is 22.7 Å². The van der Waals surface area contributed by atoms with Crippen molar-refractivity contribution in [2.75, 3.05) is 33.8 Å². The second-order valence-corrected chi connectivity index (χ2v) is 9.36. The van der Waals surface area contributed by atoms with E-state index in [1.165, 1.54) is 17.2 Å². The van der Waals surface area contributed by atoms with E-state index in [4.69, 9.17) is 4.74 Å². The van der Waals surface area contributed by atoms with E-state index in [1.807, 2.05) is 54.6 Å². The zero-order valence-corrected chi connectivity index (χ0v) is 22.3. The lowest BCUT2D eigenvalue weighted by Crippen LogP contribution is -2.22. The molecule has 6 nitrogen and oxygen atoms in total. The molecular formula is C31H31F3N4O2. The number of hydrogen-bond donors (Lipinski definition) is 2. The Hall–Kier alpha value is -4.37. The quantitative estimate of drug-likeness (QED) is 0.176. The Morgan fingerprint density at radius 1 is 1.02 bits per heavy atom. The van der Waals surface area contributed by atoms with Gasteiger partial charge < -0.3 is 19.9 Å². The zero-order valence-electron chi connectivity index (χ0n) is 22.3. The Balaban J connectivity index is 1.57. The van der Waals surface area contributed by atoms with E-state index < -0.39 is 12.6 Å². The molecule has 0 fully saturated rings. The van der Waals surface area contributed by atoms with Crippen LogP contribution in [0.1, 0.15) is 23.1 Å². The van der Waals surface area contributed by atoms with Crippen LogP contribution in [0.3, 0.4) is 0 Å². The summed E-state index contributed by atoms with van der Waals surface area (Å²) >= 11 is 0. The van der Waals surface area contributed by atoms with E-state index in [0.717, 1.165) is 10.9 Å². The zero-order chi connectivity index (χ0) is 28.5. The van der Waals surface area contributed by atoms with Crippen LogP contribution in [0.5, 0.6) is 5.88 Å². The van der Waals surface area contributed by atoms with Crippen molar-refractivity contribution >= 4 is 28.0 Å². The number of aromatic nitrogens is 2. The van der Waals surface area contributed by atoms with E-state index in [-0.39, 0.29) is 11.5 Å². The number of carbonyl (C=O) groups is 1. The fourth-order valence-corrected chi connectivity index (χ4v) is 4.23. The lowest BCUT2D eigenvalue weighted by atomic mass is 9.88. The second kappa shape index (κ2) is 13.1. The number of fused-ring (bicyclic) bond motifs is 1. The molecule has 0 saturated carbocycles. The summed E-state index contributed by atoms with van der Waals surface area (Å²) in [5.41, 5.74) is 3.28. The molecule has 0 bridgehead atoms. The highest BCUT2D eigenvalue weighted by molar-refractivity contribution is 6.00. The van der Waals surface area contributed by atoms with Gasteiger partial charge >= 0.3 is 6.18 Å². The van der Waals surface area contributed by atoms with Crippen LogP contribution in [-0.4, -0.2) is 60.7 Å². The van der Waals surface area contributed by atoms with Crippen molar-refractivity contribution in [1.29, 1.82) is 0 Å². The molecule has 1 amide bonds. The van der Waals surface area contributed by atoms with Gasteiger partial charge in [-0.15, -0.1) is 0 Å². The number of alkyl halides is 3. The van der Waals surface area contributed by atoms with Crippen LogP contribution in [-0.2, 0) is 4.79 Å². The van der Waals surface area contributed by atoms with Crippen LogP contribution in [0.15, 0.2) is 91.3 Å². The number of rotatable bonds is 11. The van der Waals surface area contributed by atoms with E-state index in [9.17, 15) is 18.0 Å². The molecule has 4 rings (SSSR count). The first-order valence-corrected chi connectivity index (χ1v) is 12.8. The number of nitrogens with one attached hydrogen (secondary N) is 2. The third-order valence-electron chi connectivity index (χ3n) is 6.16. The molecule has 0 saturated heterocycles. The fourth-order valence-electron chi connectivity index (χ4n) is 4.23. The van der Waals surface area contributed by atoms with E-state index in [2.05, 4.69) is 15.3 Å². The molecule has 40 heavy (non-hydrogen) atoms. The number of pyridine rings is 1. The monoisotopic (exact) mass is 548 g/mol. The van der Waals surface area contributed by atoms with Crippen LogP contribution in [0, 0.1) is 0 Å². The molecule has 0 aliphatic rings. The van der Waals surface area contributed by atoms with Gasteiger partial charge in [0.15, 0.2) is 0 Å². The number of H-pyrrole nitrogens is 1. The third kappa shape index (κ3) is 7.83. The average molecular weight is 549 g/mol. The predicted molar refractivity (Wildman–Crippen MR) is 152 cm³/mol. The number of ether oxygens (including phenoxy) is 1. The molecule has 0 radical (unpaired) electrons. The molecule has 0 aliphatic heterocycles. The first-order chi connectivity index (χ1) is 19.2. The van der Waals surface area contributed by atoms with Crippen molar-refractivity contribution in [2.45, 2.75) is 12.6 Å². The topological polar surface area (TPSA) is 70.2 Å². The molecule has 4 aromatic rings. The van der Waals surface area contributed by atoms with Gasteiger partial charge in [0.05, 0.1) is 6.42 Å². The molecule has 208 valence electrons. The number of allylic oxidation sites excluding steroid dienone is 1. The highest BCUT2D eigenvalue weighted by Crippen LogP contribution is 2.40. The Morgan fingerprint density at radius 3 is 2.50 bits per heavy atom. The first kappa shape index (κ1) is 28.6. The summed E-state index contributed by atoms with van der Waals surface area (Å²) in [4.78, 5) is 20.4. The fraction of sp³-hybridized carbons (Fsp3) is 0.226. The Kier molecular flexibility index (Phi) is 9.39. The summed E-state index contributed by atoms with van der Waals surface area (Å²) in [5, 5.41) is 4.03. The SMILES string of the molecule is CN(C)C(=O)C=CCNCCOc1ccc(/C(CC(F)(F)F)=C(\c2ccccc2)c2ccc3[nH]ccc3c2)cn1. The molecule has 0 unspecified atom stereocenters. The van der Waals surface area contributed by atoms with Crippen molar-refractivity contribution in [1.82, 2.24) is 20.2 Å². The van der Waals surface area contributed by atoms with Crippen molar-refractivity contribution in [3.8, 4) is 5.88 Å². The minimum atomic E-state index is -4.43. The van der Waals surface area contributed by atoms with Crippen LogP contribution < -0.4 is 10.1 Å². The molecule has 2 aromatic heterocycles. The molecule has 0 atom stereocenters. The minimum Gasteiger partial charge on any atom is -0.476 e. The van der Waals surface area contributed by atoms with Crippen LogP contribution in [0.2, 0.25) is 0 Å². The Bertz CT molecular complexity index is 1470. The van der Waals surface area contributed by atoms with Gasteiger partial charge in [0.1, 0.15) is 6.61 Å². The molecule has 0 aliphatic carbocycles. The van der Waals surface area contributed by atoms with Gasteiger partial charge in [-0.3, -0.25) is 4.79 Å². The third-order valence-corrected chi connectivity index (χ3v) is 6.16. The number of nitrogens with zero attached hydrogens (tertiary/aromatic N) is 2. The molecule has 2 N–H and O–H groups in total. The van der Waals surface area contributed by atoms with Crippen LogP contribution in [0.25, 0.3) is 22.0 Å². The molecule has 9 heteroatoms. The van der Waals surface area contributed by atoms with Gasteiger partial charge in [0.25, 0.3) is 0 Å². The minimum absolute atomic E-state index is 0.0956. The number of carbonyl (C=O) groups excluding carboxylic acids is 1. The van der Waals surface area contributed by atoms with Gasteiger partial charge in [-0.05, 0) is 57.5 Å². The Morgan fingerprint density at radius 2 is 1.80 bits per heavy atom. The lowest BCUT2D eigenvalue weighted by Gasteiger charge is -2.19. The standard InChI is InChI=1S/C31H31F3N4O2/c1-38(2)29(39)9-6-15-35-17-18-40-28-13-11-25(21-37-28)26(20-31(32,33)34)30(22-7-4-3-5-8-22)24-10-12-27-23(19-24)14-16-36-27/h3-14,16,19,21,35-36H,15,17-18,20H2,1-2H3/b9-6?,30-26+. The maximum atomic E-state index is 13.9. The van der Waals surface area contributed by atoms with Crippen molar-refractivity contribution in [2.24, 2.45) is 0 Å². The number of likely N-dealkylation sites (N-methyl/N-ethyl adjacent to an activating group) is 1. The number of hydrogen-bond acceptors (Lipinski definition) is 4. The number of halogens is 3. The van der Waals surface area contributed by atoms with Crippen molar-refractivity contribution in [3.05, 3.63) is 108 Å². The van der Waals surface area contributed by atoms with Gasteiger partial charge in [0, 0.05) is 57.2 Å². The van der Waals surface area contributed by atoms with E-state index >= 15 is 0 Å². The normalized spacial score (nSPS) is 12.5. The lowest BCUT2D eigenvalue weighted by molar-refractivity contribution is -0.124. The highest BCUT2D eigenvalue weighted by atomic mass is 19.4. The summed E-state index contributed by atoms with van der Waals surface area (Å²) in [6.45, 7) is 1.31. The molecule has 0 spiro atoms. The summed E-state index contributed by atoms with van der Waals surface area (Å²) in [7, 11) is 3.36. The Labute approximate surface area is 231 Å². The summed E-state index contributed by atoms with van der Waals surface area (Å²) < 4.78 is 47.4. The van der Waals surface area contributed by atoms with Gasteiger partial charge in [0.2, 0.25) is 11.8 Å². The highest BCUT2D eigenvalue weighted by Gasteiger charge is 2.31. The summed E-state index contributed by atoms with van der Waals surface area (Å²) in [6, 6.07) is 19.8. The summed E-state index contributed by atoms with van der Waals surface area (Å²) in [5.74, 6) is 0.215. The van der Waals surface area contributed by atoms with Gasteiger partial charge in [-0.25, -0.2) is 4.98 Å². The maximum absolute atomic E-state index is 13.9. The maximum Gasteiger partial charge on any atom is 0.393 e. The number of benzene rings is 2. The molecule has 2 aromatic carbocycles. The summed E-state index contributed by atoms with van der Waals surface area (Å²) in [6.07, 6.45) is 0.898. The predicted octanol–water partition coefficient (Wildman–Crippen LogP) is 6.09. The number of amides is 1. The van der Waals surface area contributed by atoms with E-state index in [0.29, 0.717) is 47.8 Å². The van der Waals surface area contributed by atoms with Crippen LogP contribution in [0.4, 0.5) is 13.2 Å². The van der Waals surface area contributed by atoms with Crippen LogP contribution >= 0.6 is 0 Å². The van der Waals surface area contributed by atoms with E-state index in [1.54, 1.807) is 38.5 Å². The van der Waals surface area contributed by atoms with Gasteiger partial charge in [-0.2, -0.15) is 13.2 Å². The largest absolute Gasteiger partial charge is 0.476 e. The smallest absolute Gasteiger partial charge is 0.393 e. The first-order valence-electron chi connectivity index (χ1n) is 12.8. The molecule has 2 heterocycles. The second-order valence-electron chi connectivity index (χ2n) is 9.36. The molecular weight excluding hydrogens is 517 g/mol. The van der Waals surface area contributed by atoms with Gasteiger partial charge in [-0.1, -0.05) is 42.5 Å².